The Balaban J connectivity index is 1.77. The van der Waals surface area contributed by atoms with E-state index in [1.54, 1.807) is 25.4 Å². The van der Waals surface area contributed by atoms with Gasteiger partial charge in [-0.3, -0.25) is 9.78 Å². The Hall–Kier alpha value is -2.97. The summed E-state index contributed by atoms with van der Waals surface area (Å²) >= 11 is 11.6. The van der Waals surface area contributed by atoms with Crippen molar-refractivity contribution in [2.45, 2.75) is 19.0 Å². The second kappa shape index (κ2) is 8.81. The van der Waals surface area contributed by atoms with Crippen molar-refractivity contribution in [3.8, 4) is 5.82 Å². The third-order valence-electron chi connectivity index (χ3n) is 4.84. The van der Waals surface area contributed by atoms with E-state index < -0.39 is 0 Å². The summed E-state index contributed by atoms with van der Waals surface area (Å²) in [6, 6.07) is 12.8. The molecular formula is C21H20ClN5O2S. The maximum atomic E-state index is 12.3. The third-order valence-corrected chi connectivity index (χ3v) is 5.42. The van der Waals surface area contributed by atoms with Crippen LogP contribution in [-0.2, 0) is 9.53 Å². The zero-order chi connectivity index (χ0) is 21.1. The molecule has 0 spiro atoms. The van der Waals surface area contributed by atoms with E-state index in [0.717, 1.165) is 11.4 Å². The first-order chi connectivity index (χ1) is 14.6. The summed E-state index contributed by atoms with van der Waals surface area (Å²) in [4.78, 5) is 23.1. The van der Waals surface area contributed by atoms with E-state index in [1.807, 2.05) is 52.1 Å². The zero-order valence-electron chi connectivity index (χ0n) is 16.2. The summed E-state index contributed by atoms with van der Waals surface area (Å²) in [5.41, 5.74) is 1.74. The second-order valence-electron chi connectivity index (χ2n) is 6.70. The van der Waals surface area contributed by atoms with Gasteiger partial charge in [-0.25, -0.2) is 4.98 Å². The van der Waals surface area contributed by atoms with Crippen molar-refractivity contribution in [3.05, 3.63) is 77.5 Å². The molecule has 0 bridgehead atoms. The molecule has 1 aliphatic heterocycles. The quantitative estimate of drug-likeness (QED) is 0.464. The molecule has 1 N–H and O–H groups in total. The minimum Gasteiger partial charge on any atom is -0.465 e. The van der Waals surface area contributed by atoms with E-state index in [2.05, 4.69) is 15.3 Å². The summed E-state index contributed by atoms with van der Waals surface area (Å²) in [6.45, 7) is 2.13. The van der Waals surface area contributed by atoms with Crippen molar-refractivity contribution in [1.29, 1.82) is 0 Å². The first kappa shape index (κ1) is 20.3. The molecule has 0 amide bonds. The van der Waals surface area contributed by atoms with Gasteiger partial charge in [0.05, 0.1) is 29.4 Å². The molecule has 3 aromatic rings. The number of ether oxygens (including phenoxy) is 1. The molecule has 3 aromatic heterocycles. The number of rotatable bonds is 6. The Labute approximate surface area is 184 Å². The van der Waals surface area contributed by atoms with Crippen molar-refractivity contribution < 1.29 is 9.53 Å². The molecule has 4 heterocycles. The molecular weight excluding hydrogens is 422 g/mol. The Morgan fingerprint density at radius 1 is 1.23 bits per heavy atom. The van der Waals surface area contributed by atoms with Crippen molar-refractivity contribution in [2.75, 3.05) is 13.2 Å². The Kier molecular flexibility index (Phi) is 5.96. The number of nitrogens with one attached hydrogen (secondary N) is 1. The minimum absolute atomic E-state index is 0.0346. The molecule has 0 aromatic carbocycles. The maximum absolute atomic E-state index is 12.3. The fourth-order valence-corrected chi connectivity index (χ4v) is 4.01. The number of nitrogens with zero attached hydrogens (tertiary/aromatic N) is 4. The van der Waals surface area contributed by atoms with Crippen LogP contribution in [0.25, 0.3) is 5.82 Å². The van der Waals surface area contributed by atoms with Crippen LogP contribution in [0, 0.1) is 0 Å². The molecule has 0 unspecified atom stereocenters. The number of carbonyl (C=O) groups is 1. The highest BCUT2D eigenvalue weighted by molar-refractivity contribution is 7.80. The van der Waals surface area contributed by atoms with Crippen LogP contribution in [0.2, 0.25) is 5.02 Å². The van der Waals surface area contributed by atoms with Gasteiger partial charge in [0, 0.05) is 24.3 Å². The van der Waals surface area contributed by atoms with Crippen LogP contribution in [0.5, 0.6) is 0 Å². The normalized spacial score (nSPS) is 18.3. The molecule has 30 heavy (non-hydrogen) atoms. The predicted octanol–water partition coefficient (Wildman–Crippen LogP) is 3.46. The van der Waals surface area contributed by atoms with E-state index in [9.17, 15) is 4.79 Å². The molecule has 0 aliphatic carbocycles. The minimum atomic E-state index is -0.337. The van der Waals surface area contributed by atoms with Crippen LogP contribution in [0.3, 0.4) is 0 Å². The van der Waals surface area contributed by atoms with E-state index in [1.165, 1.54) is 0 Å². The molecule has 7 nitrogen and oxygen atoms in total. The smallest absolute Gasteiger partial charge is 0.325 e. The third kappa shape index (κ3) is 4.01. The number of pyridine rings is 2. The Morgan fingerprint density at radius 3 is 2.80 bits per heavy atom. The number of hydrogen-bond donors (Lipinski definition) is 1. The highest BCUT2D eigenvalue weighted by atomic mass is 35.5. The fraction of sp³-hybridized carbons (Fsp3) is 0.238. The number of thiocarbonyl (C=S) groups is 1. The highest BCUT2D eigenvalue weighted by Gasteiger charge is 2.42. The number of carbonyl (C=O) groups excluding carboxylic acids is 1. The number of aromatic nitrogens is 3. The molecule has 0 saturated carbocycles. The first-order valence-corrected chi connectivity index (χ1v) is 10.3. The van der Waals surface area contributed by atoms with Crippen molar-refractivity contribution in [2.24, 2.45) is 0 Å². The lowest BCUT2D eigenvalue weighted by Gasteiger charge is -2.28. The Morgan fingerprint density at radius 2 is 2.10 bits per heavy atom. The van der Waals surface area contributed by atoms with Crippen LogP contribution in [0.1, 0.15) is 30.4 Å². The van der Waals surface area contributed by atoms with Crippen LogP contribution in [0.4, 0.5) is 0 Å². The van der Waals surface area contributed by atoms with E-state index >= 15 is 0 Å². The predicted molar refractivity (Wildman–Crippen MR) is 117 cm³/mol. The maximum Gasteiger partial charge on any atom is 0.325 e. The van der Waals surface area contributed by atoms with E-state index in [-0.39, 0.29) is 24.6 Å². The molecule has 1 fully saturated rings. The van der Waals surface area contributed by atoms with Gasteiger partial charge in [0.25, 0.3) is 0 Å². The highest BCUT2D eigenvalue weighted by Crippen LogP contribution is 2.39. The SMILES string of the molecule is CCOC(=O)CN1C(=S)N[C@H](c2ccccn2)[C@@H]1c1cccn1-c1ccc(Cl)cn1. The van der Waals surface area contributed by atoms with Gasteiger partial charge < -0.3 is 19.5 Å². The summed E-state index contributed by atoms with van der Waals surface area (Å²) < 4.78 is 7.13. The zero-order valence-corrected chi connectivity index (χ0v) is 17.8. The van der Waals surface area contributed by atoms with Gasteiger partial charge in [-0.2, -0.15) is 0 Å². The summed E-state index contributed by atoms with van der Waals surface area (Å²) in [6.07, 6.45) is 5.26. The summed E-state index contributed by atoms with van der Waals surface area (Å²) in [5.74, 6) is 0.379. The lowest BCUT2D eigenvalue weighted by atomic mass is 10.0. The molecule has 2 atom stereocenters. The lowest BCUT2D eigenvalue weighted by Crippen LogP contribution is -2.36. The van der Waals surface area contributed by atoms with Crippen LogP contribution < -0.4 is 5.32 Å². The molecule has 9 heteroatoms. The summed E-state index contributed by atoms with van der Waals surface area (Å²) in [5, 5.41) is 4.36. The number of hydrogen-bond acceptors (Lipinski definition) is 5. The van der Waals surface area contributed by atoms with Gasteiger partial charge in [0.2, 0.25) is 0 Å². The van der Waals surface area contributed by atoms with Gasteiger partial charge in [0.15, 0.2) is 5.11 Å². The van der Waals surface area contributed by atoms with Crippen LogP contribution >= 0.6 is 23.8 Å². The van der Waals surface area contributed by atoms with Crippen LogP contribution in [-0.4, -0.2) is 43.7 Å². The van der Waals surface area contributed by atoms with Gasteiger partial charge in [-0.15, -0.1) is 0 Å². The molecule has 4 rings (SSSR count). The van der Waals surface area contributed by atoms with Gasteiger partial charge in [-0.1, -0.05) is 17.7 Å². The Bertz CT molecular complexity index is 1040. The van der Waals surface area contributed by atoms with Crippen molar-refractivity contribution in [1.82, 2.24) is 24.8 Å². The molecule has 1 aliphatic rings. The van der Waals surface area contributed by atoms with Crippen molar-refractivity contribution >= 4 is 34.9 Å². The summed E-state index contributed by atoms with van der Waals surface area (Å²) in [7, 11) is 0. The standard InChI is InChI=1S/C21H20ClN5O2S/c1-2-29-18(28)13-27-20(19(25-21(27)30)15-6-3-4-10-23-15)16-7-5-11-26(16)17-9-8-14(22)12-24-17/h3-12,19-20H,2,13H2,1H3,(H,25,30)/t19-,20+/m1/s1. The number of halogens is 1. The monoisotopic (exact) mass is 441 g/mol. The topological polar surface area (TPSA) is 72.3 Å². The van der Waals surface area contributed by atoms with Gasteiger partial charge in [-0.05, 0) is 55.5 Å². The van der Waals surface area contributed by atoms with E-state index in [4.69, 9.17) is 28.6 Å². The lowest BCUT2D eigenvalue weighted by molar-refractivity contribution is -0.143. The molecule has 0 radical (unpaired) electrons. The van der Waals surface area contributed by atoms with Gasteiger partial charge in [0.1, 0.15) is 12.4 Å². The van der Waals surface area contributed by atoms with Crippen molar-refractivity contribution in [3.63, 3.8) is 0 Å². The average Bonchev–Trinajstić information content (AvgIpc) is 3.34. The average molecular weight is 442 g/mol. The second-order valence-corrected chi connectivity index (χ2v) is 7.52. The largest absolute Gasteiger partial charge is 0.465 e. The van der Waals surface area contributed by atoms with E-state index in [0.29, 0.717) is 22.6 Å². The fourth-order valence-electron chi connectivity index (χ4n) is 3.60. The van der Waals surface area contributed by atoms with Gasteiger partial charge >= 0.3 is 5.97 Å². The van der Waals surface area contributed by atoms with Crippen LogP contribution in [0.15, 0.2) is 61.1 Å². The number of esters is 1. The molecule has 154 valence electrons. The molecule has 1 saturated heterocycles. The first-order valence-electron chi connectivity index (χ1n) is 9.51.